The first-order valence-corrected chi connectivity index (χ1v) is 7.53. The van der Waals surface area contributed by atoms with Crippen molar-refractivity contribution in [1.82, 2.24) is 15.0 Å². The molecule has 1 aliphatic rings. The van der Waals surface area contributed by atoms with Gasteiger partial charge in [0.1, 0.15) is 5.75 Å². The Hall–Kier alpha value is -2.58. The Kier molecular flexibility index (Phi) is 4.41. The quantitative estimate of drug-likeness (QED) is 0.888. The minimum absolute atomic E-state index is 0.0520. The molecule has 1 heterocycles. The summed E-state index contributed by atoms with van der Waals surface area (Å²) in [7, 11) is 0. The van der Waals surface area contributed by atoms with Crippen LogP contribution in [0.5, 0.6) is 5.75 Å². The van der Waals surface area contributed by atoms with Crippen molar-refractivity contribution in [1.29, 1.82) is 0 Å². The van der Waals surface area contributed by atoms with Crippen LogP contribution in [-0.4, -0.2) is 27.4 Å². The third-order valence-corrected chi connectivity index (χ3v) is 3.69. The van der Waals surface area contributed by atoms with Crippen molar-refractivity contribution in [2.75, 3.05) is 11.1 Å². The van der Waals surface area contributed by atoms with E-state index >= 15 is 0 Å². The van der Waals surface area contributed by atoms with Crippen LogP contribution in [0.2, 0.25) is 0 Å². The van der Waals surface area contributed by atoms with Gasteiger partial charge in [0.15, 0.2) is 5.82 Å². The van der Waals surface area contributed by atoms with Crippen LogP contribution in [0.4, 0.5) is 25.1 Å². The van der Waals surface area contributed by atoms with Gasteiger partial charge in [-0.25, -0.2) is 0 Å². The molecule has 1 aliphatic carbocycles. The summed E-state index contributed by atoms with van der Waals surface area (Å²) in [5.74, 6) is 0.412. The molecule has 6 nitrogen and oxygen atoms in total. The Bertz CT molecular complexity index is 699. The van der Waals surface area contributed by atoms with Crippen LogP contribution in [0.1, 0.15) is 25.7 Å². The van der Waals surface area contributed by atoms with Crippen molar-refractivity contribution in [3.05, 3.63) is 24.3 Å². The van der Waals surface area contributed by atoms with E-state index in [-0.39, 0.29) is 11.7 Å². The third kappa shape index (κ3) is 4.24. The topological polar surface area (TPSA) is 86.0 Å². The summed E-state index contributed by atoms with van der Waals surface area (Å²) in [4.78, 5) is 12.4. The molecule has 0 radical (unpaired) electrons. The Morgan fingerprint density at radius 3 is 2.33 bits per heavy atom. The number of alkyl halides is 3. The Labute approximate surface area is 136 Å². The molecule has 128 valence electrons. The maximum atomic E-state index is 12.2. The zero-order valence-corrected chi connectivity index (χ0v) is 12.7. The Balaban J connectivity index is 1.79. The lowest BCUT2D eigenvalue weighted by molar-refractivity contribution is -0.274. The number of hydrogen-bond donors (Lipinski definition) is 2. The van der Waals surface area contributed by atoms with Crippen molar-refractivity contribution in [3.8, 4) is 17.1 Å². The molecule has 0 spiro atoms. The maximum absolute atomic E-state index is 12.2. The van der Waals surface area contributed by atoms with Crippen molar-refractivity contribution in [2.45, 2.75) is 38.1 Å². The van der Waals surface area contributed by atoms with E-state index in [1.165, 1.54) is 24.3 Å². The molecule has 24 heavy (non-hydrogen) atoms. The monoisotopic (exact) mass is 339 g/mol. The van der Waals surface area contributed by atoms with Gasteiger partial charge in [0.05, 0.1) is 0 Å². The smallest absolute Gasteiger partial charge is 0.406 e. The Morgan fingerprint density at radius 2 is 1.71 bits per heavy atom. The second kappa shape index (κ2) is 6.50. The predicted octanol–water partition coefficient (Wildman–Crippen LogP) is 3.37. The number of nitrogens with zero attached hydrogens (tertiary/aromatic N) is 3. The normalized spacial score (nSPS) is 15.5. The number of aromatic nitrogens is 3. The van der Waals surface area contributed by atoms with E-state index < -0.39 is 6.36 Å². The summed E-state index contributed by atoms with van der Waals surface area (Å²) in [6.07, 6.45) is -0.316. The summed E-state index contributed by atoms with van der Waals surface area (Å²) in [5.41, 5.74) is 6.23. The van der Waals surface area contributed by atoms with E-state index in [0.29, 0.717) is 23.4 Å². The molecule has 1 aromatic carbocycles. The van der Waals surface area contributed by atoms with E-state index in [1.807, 2.05) is 0 Å². The lowest BCUT2D eigenvalue weighted by atomic mass is 10.2. The van der Waals surface area contributed by atoms with Crippen LogP contribution < -0.4 is 15.8 Å². The molecule has 1 aromatic heterocycles. The van der Waals surface area contributed by atoms with Gasteiger partial charge in [0.25, 0.3) is 0 Å². The predicted molar refractivity (Wildman–Crippen MR) is 82.2 cm³/mol. The van der Waals surface area contributed by atoms with Crippen LogP contribution in [-0.2, 0) is 0 Å². The van der Waals surface area contributed by atoms with Gasteiger partial charge in [-0.05, 0) is 37.1 Å². The molecule has 1 fully saturated rings. The first-order chi connectivity index (χ1) is 11.4. The average molecular weight is 339 g/mol. The van der Waals surface area contributed by atoms with E-state index in [9.17, 15) is 13.2 Å². The fourth-order valence-corrected chi connectivity index (χ4v) is 2.64. The molecule has 0 atom stereocenters. The molecular weight excluding hydrogens is 323 g/mol. The van der Waals surface area contributed by atoms with E-state index in [0.717, 1.165) is 25.7 Å². The SMILES string of the molecule is Nc1nc(NC2CCCC2)nc(-c2ccc(OC(F)(F)F)cc2)n1. The lowest BCUT2D eigenvalue weighted by Crippen LogP contribution is -2.18. The number of rotatable bonds is 4. The van der Waals surface area contributed by atoms with Gasteiger partial charge in [0.2, 0.25) is 11.9 Å². The molecule has 2 aromatic rings. The Morgan fingerprint density at radius 1 is 1.04 bits per heavy atom. The summed E-state index contributed by atoms with van der Waals surface area (Å²) >= 11 is 0. The second-order valence-corrected chi connectivity index (χ2v) is 5.54. The molecule has 0 bridgehead atoms. The van der Waals surface area contributed by atoms with Gasteiger partial charge in [-0.15, -0.1) is 13.2 Å². The van der Waals surface area contributed by atoms with E-state index in [1.54, 1.807) is 0 Å². The largest absolute Gasteiger partial charge is 0.573 e. The fourth-order valence-electron chi connectivity index (χ4n) is 2.64. The average Bonchev–Trinajstić information content (AvgIpc) is 2.98. The van der Waals surface area contributed by atoms with Gasteiger partial charge in [-0.1, -0.05) is 12.8 Å². The van der Waals surface area contributed by atoms with Crippen LogP contribution in [0.25, 0.3) is 11.4 Å². The van der Waals surface area contributed by atoms with Crippen molar-refractivity contribution in [3.63, 3.8) is 0 Å². The van der Waals surface area contributed by atoms with Gasteiger partial charge in [-0.3, -0.25) is 0 Å². The summed E-state index contributed by atoms with van der Waals surface area (Å²) in [6, 6.07) is 5.59. The minimum atomic E-state index is -4.72. The number of nitrogens with two attached hydrogens (primary N) is 1. The number of benzene rings is 1. The molecular formula is C15H16F3N5O. The molecule has 0 unspecified atom stereocenters. The fraction of sp³-hybridized carbons (Fsp3) is 0.400. The van der Waals surface area contributed by atoms with E-state index in [4.69, 9.17) is 5.73 Å². The van der Waals surface area contributed by atoms with E-state index in [2.05, 4.69) is 25.0 Å². The van der Waals surface area contributed by atoms with Gasteiger partial charge >= 0.3 is 6.36 Å². The van der Waals surface area contributed by atoms with Crippen LogP contribution in [0, 0.1) is 0 Å². The summed E-state index contributed by atoms with van der Waals surface area (Å²) in [5, 5.41) is 3.22. The highest BCUT2D eigenvalue weighted by Gasteiger charge is 2.31. The standard InChI is InChI=1S/C15H16F3N5O/c16-15(17,18)24-11-7-5-9(6-8-11)12-21-13(19)23-14(22-12)20-10-3-1-2-4-10/h5-8,10H,1-4H2,(H3,19,20,21,22,23). The van der Waals surface area contributed by atoms with Crippen molar-refractivity contribution >= 4 is 11.9 Å². The first kappa shape index (κ1) is 16.3. The van der Waals surface area contributed by atoms with Gasteiger partial charge in [-0.2, -0.15) is 15.0 Å². The summed E-state index contributed by atoms with van der Waals surface area (Å²) in [6.45, 7) is 0. The van der Waals surface area contributed by atoms with Crippen LogP contribution in [0.3, 0.4) is 0 Å². The molecule has 0 saturated heterocycles. The molecule has 0 amide bonds. The third-order valence-electron chi connectivity index (χ3n) is 3.69. The number of nitrogens with one attached hydrogen (secondary N) is 1. The molecule has 3 rings (SSSR count). The van der Waals surface area contributed by atoms with Gasteiger partial charge in [0, 0.05) is 11.6 Å². The number of hydrogen-bond acceptors (Lipinski definition) is 6. The van der Waals surface area contributed by atoms with Gasteiger partial charge < -0.3 is 15.8 Å². The maximum Gasteiger partial charge on any atom is 0.573 e. The highest BCUT2D eigenvalue weighted by molar-refractivity contribution is 5.58. The number of anilines is 2. The highest BCUT2D eigenvalue weighted by atomic mass is 19.4. The van der Waals surface area contributed by atoms with Crippen LogP contribution >= 0.6 is 0 Å². The first-order valence-electron chi connectivity index (χ1n) is 7.53. The van der Waals surface area contributed by atoms with Crippen LogP contribution in [0.15, 0.2) is 24.3 Å². The molecule has 9 heteroatoms. The lowest BCUT2D eigenvalue weighted by Gasteiger charge is -2.13. The number of halogens is 3. The number of ether oxygens (including phenoxy) is 1. The zero-order valence-electron chi connectivity index (χ0n) is 12.7. The molecule has 0 aliphatic heterocycles. The number of nitrogen functional groups attached to an aromatic ring is 1. The second-order valence-electron chi connectivity index (χ2n) is 5.54. The summed E-state index contributed by atoms with van der Waals surface area (Å²) < 4.78 is 40.4. The van der Waals surface area contributed by atoms with Crippen molar-refractivity contribution < 1.29 is 17.9 Å². The van der Waals surface area contributed by atoms with Crippen molar-refractivity contribution in [2.24, 2.45) is 0 Å². The minimum Gasteiger partial charge on any atom is -0.406 e. The molecule has 1 saturated carbocycles. The molecule has 3 N–H and O–H groups in total. The highest BCUT2D eigenvalue weighted by Crippen LogP contribution is 2.26. The zero-order chi connectivity index (χ0) is 17.2.